The van der Waals surface area contributed by atoms with Gasteiger partial charge in [-0.1, -0.05) is 18.2 Å². The third kappa shape index (κ3) is 4.32. The van der Waals surface area contributed by atoms with E-state index in [1.165, 1.54) is 24.9 Å². The fourth-order valence-electron chi connectivity index (χ4n) is 2.68. The Morgan fingerprint density at radius 3 is 2.70 bits per heavy atom. The summed E-state index contributed by atoms with van der Waals surface area (Å²) in [6, 6.07) is 12.1. The second kappa shape index (κ2) is 7.71. The highest BCUT2D eigenvalue weighted by Crippen LogP contribution is 2.36. The molecule has 9 heteroatoms. The first-order valence-electron chi connectivity index (χ1n) is 8.21. The average Bonchev–Trinajstić information content (AvgIpc) is 2.63. The number of fused-ring (bicyclic) bond motifs is 1. The van der Waals surface area contributed by atoms with Gasteiger partial charge in [0, 0.05) is 17.0 Å². The summed E-state index contributed by atoms with van der Waals surface area (Å²) < 4.78 is 26.4. The average molecular weight is 406 g/mol. The topological polar surface area (TPSA) is 104 Å². The molecular formula is C18H19N3O4S2. The minimum Gasteiger partial charge on any atom is -0.326 e. The molecule has 1 aliphatic rings. The number of rotatable bonds is 5. The summed E-state index contributed by atoms with van der Waals surface area (Å²) in [6.07, 6.45) is -0.0210. The van der Waals surface area contributed by atoms with Gasteiger partial charge in [0.2, 0.25) is 21.8 Å². The summed E-state index contributed by atoms with van der Waals surface area (Å²) in [7, 11) is -2.30. The molecule has 142 valence electrons. The molecule has 0 fully saturated rings. The van der Waals surface area contributed by atoms with E-state index in [2.05, 4.69) is 15.4 Å². The van der Waals surface area contributed by atoms with Crippen molar-refractivity contribution in [3.63, 3.8) is 0 Å². The zero-order valence-corrected chi connectivity index (χ0v) is 16.4. The predicted octanol–water partition coefficient (Wildman–Crippen LogP) is 2.34. The first-order valence-corrected chi connectivity index (χ1v) is 10.6. The number of sulfonamides is 1. The van der Waals surface area contributed by atoms with Crippen molar-refractivity contribution in [2.75, 3.05) is 17.7 Å². The Morgan fingerprint density at radius 2 is 1.96 bits per heavy atom. The summed E-state index contributed by atoms with van der Waals surface area (Å²) in [5.41, 5.74) is 1.67. The number of anilines is 2. The van der Waals surface area contributed by atoms with Gasteiger partial charge in [0.05, 0.1) is 15.8 Å². The smallest absolute Gasteiger partial charge is 0.240 e. The monoisotopic (exact) mass is 405 g/mol. The van der Waals surface area contributed by atoms with Crippen LogP contribution in [0.2, 0.25) is 0 Å². The van der Waals surface area contributed by atoms with Crippen molar-refractivity contribution < 1.29 is 18.0 Å². The van der Waals surface area contributed by atoms with E-state index in [9.17, 15) is 18.0 Å². The second-order valence-electron chi connectivity index (χ2n) is 6.03. The Hall–Kier alpha value is -2.36. The highest BCUT2D eigenvalue weighted by molar-refractivity contribution is 8.01. The second-order valence-corrected chi connectivity index (χ2v) is 9.13. The third-order valence-corrected chi connectivity index (χ3v) is 6.94. The molecule has 0 radical (unpaired) electrons. The van der Waals surface area contributed by atoms with Crippen molar-refractivity contribution >= 4 is 45.0 Å². The standard InChI is InChI=1S/C18H19N3O4S2/c1-11-7-8-12(9-16(11)27(24,25)19-2)20-17(22)10-15-18(23)21-13-5-3-4-6-14(13)26-15/h3-9,15,19H,10H2,1-2H3,(H,20,22)(H,21,23)/t15-/m0/s1. The summed E-state index contributed by atoms with van der Waals surface area (Å²) in [5.74, 6) is -0.588. The molecule has 3 rings (SSSR count). The SMILES string of the molecule is CNS(=O)(=O)c1cc(NC(=O)C[C@@H]2Sc3ccccc3NC2=O)ccc1C. The van der Waals surface area contributed by atoms with E-state index in [1.54, 1.807) is 19.1 Å². The van der Waals surface area contributed by atoms with E-state index < -0.39 is 15.3 Å². The van der Waals surface area contributed by atoms with Gasteiger partial charge < -0.3 is 10.6 Å². The van der Waals surface area contributed by atoms with Gasteiger partial charge in [0.15, 0.2) is 0 Å². The maximum Gasteiger partial charge on any atom is 0.240 e. The molecule has 0 saturated heterocycles. The lowest BCUT2D eigenvalue weighted by atomic mass is 10.2. The maximum absolute atomic E-state index is 12.4. The van der Waals surface area contributed by atoms with Crippen LogP contribution in [0.15, 0.2) is 52.3 Å². The molecule has 1 atom stereocenters. The molecule has 7 nitrogen and oxygen atoms in total. The Kier molecular flexibility index (Phi) is 5.54. The van der Waals surface area contributed by atoms with Gasteiger partial charge in [-0.15, -0.1) is 11.8 Å². The number of amides is 2. The van der Waals surface area contributed by atoms with Gasteiger partial charge >= 0.3 is 0 Å². The van der Waals surface area contributed by atoms with Crippen molar-refractivity contribution in [1.82, 2.24) is 4.72 Å². The number of hydrogen-bond acceptors (Lipinski definition) is 5. The molecule has 1 heterocycles. The molecule has 0 saturated carbocycles. The van der Waals surface area contributed by atoms with Crippen LogP contribution in [-0.4, -0.2) is 32.5 Å². The Bertz CT molecular complexity index is 1010. The minimum atomic E-state index is -3.63. The lowest BCUT2D eigenvalue weighted by molar-refractivity contribution is -0.120. The number of thioether (sulfide) groups is 1. The Labute approximate surface area is 162 Å². The lowest BCUT2D eigenvalue weighted by Gasteiger charge is -2.23. The first-order chi connectivity index (χ1) is 12.8. The summed E-state index contributed by atoms with van der Waals surface area (Å²) in [5, 5.41) is 4.92. The molecule has 27 heavy (non-hydrogen) atoms. The van der Waals surface area contributed by atoms with Gasteiger partial charge in [-0.05, 0) is 43.8 Å². The molecule has 0 unspecified atom stereocenters. The Balaban J connectivity index is 1.72. The van der Waals surface area contributed by atoms with Crippen LogP contribution >= 0.6 is 11.8 Å². The van der Waals surface area contributed by atoms with Crippen LogP contribution in [0.4, 0.5) is 11.4 Å². The maximum atomic E-state index is 12.4. The molecule has 2 aromatic carbocycles. The van der Waals surface area contributed by atoms with Gasteiger partial charge in [0.1, 0.15) is 0 Å². The fourth-order valence-corrected chi connectivity index (χ4v) is 4.79. The lowest BCUT2D eigenvalue weighted by Crippen LogP contribution is -2.32. The van der Waals surface area contributed by atoms with E-state index in [1.807, 2.05) is 24.3 Å². The van der Waals surface area contributed by atoms with Gasteiger partial charge in [-0.3, -0.25) is 9.59 Å². The molecule has 0 bridgehead atoms. The minimum absolute atomic E-state index is 0.0210. The summed E-state index contributed by atoms with van der Waals surface area (Å²) in [6.45, 7) is 1.68. The quantitative estimate of drug-likeness (QED) is 0.708. The molecular weight excluding hydrogens is 386 g/mol. The zero-order valence-electron chi connectivity index (χ0n) is 14.8. The molecule has 0 spiro atoms. The number of carbonyl (C=O) groups is 2. The van der Waals surface area contributed by atoms with Crippen molar-refractivity contribution in [3.8, 4) is 0 Å². The van der Waals surface area contributed by atoms with Crippen molar-refractivity contribution in [1.29, 1.82) is 0 Å². The normalized spacial score (nSPS) is 16.4. The van der Waals surface area contributed by atoms with Crippen LogP contribution in [0.25, 0.3) is 0 Å². The largest absolute Gasteiger partial charge is 0.326 e. The highest BCUT2D eigenvalue weighted by atomic mass is 32.2. The van der Waals surface area contributed by atoms with Crippen LogP contribution < -0.4 is 15.4 Å². The number of benzene rings is 2. The molecule has 3 N–H and O–H groups in total. The fraction of sp³-hybridized carbons (Fsp3) is 0.222. The van der Waals surface area contributed by atoms with Gasteiger partial charge in [-0.25, -0.2) is 13.1 Å². The van der Waals surface area contributed by atoms with Crippen LogP contribution in [-0.2, 0) is 19.6 Å². The molecule has 0 aliphatic carbocycles. The number of aryl methyl sites for hydroxylation is 1. The van der Waals surface area contributed by atoms with Crippen molar-refractivity contribution in [3.05, 3.63) is 48.0 Å². The van der Waals surface area contributed by atoms with Crippen LogP contribution in [0.5, 0.6) is 0 Å². The molecule has 2 amide bonds. The van der Waals surface area contributed by atoms with Gasteiger partial charge in [-0.2, -0.15) is 0 Å². The van der Waals surface area contributed by atoms with E-state index in [-0.39, 0.29) is 23.1 Å². The van der Waals surface area contributed by atoms with Crippen molar-refractivity contribution in [2.24, 2.45) is 0 Å². The van der Waals surface area contributed by atoms with E-state index >= 15 is 0 Å². The first kappa shape index (κ1) is 19.4. The van der Waals surface area contributed by atoms with Crippen LogP contribution in [0.3, 0.4) is 0 Å². The molecule has 0 aromatic heterocycles. The van der Waals surface area contributed by atoms with Crippen molar-refractivity contribution in [2.45, 2.75) is 28.4 Å². The number of carbonyl (C=O) groups excluding carboxylic acids is 2. The Morgan fingerprint density at radius 1 is 1.22 bits per heavy atom. The van der Waals surface area contributed by atoms with E-state index in [4.69, 9.17) is 0 Å². The summed E-state index contributed by atoms with van der Waals surface area (Å²) >= 11 is 1.34. The molecule has 1 aliphatic heterocycles. The van der Waals surface area contributed by atoms with E-state index in [0.29, 0.717) is 11.3 Å². The molecule has 2 aromatic rings. The zero-order chi connectivity index (χ0) is 19.6. The van der Waals surface area contributed by atoms with Crippen LogP contribution in [0.1, 0.15) is 12.0 Å². The number of hydrogen-bond donors (Lipinski definition) is 3. The third-order valence-electron chi connectivity index (χ3n) is 4.11. The van der Waals surface area contributed by atoms with Crippen LogP contribution in [0, 0.1) is 6.92 Å². The summed E-state index contributed by atoms with van der Waals surface area (Å²) in [4.78, 5) is 25.6. The highest BCUT2D eigenvalue weighted by Gasteiger charge is 2.29. The predicted molar refractivity (Wildman–Crippen MR) is 105 cm³/mol. The number of para-hydroxylation sites is 1. The number of nitrogens with one attached hydrogen (secondary N) is 3. The van der Waals surface area contributed by atoms with E-state index in [0.717, 1.165) is 10.6 Å². The van der Waals surface area contributed by atoms with Gasteiger partial charge in [0.25, 0.3) is 0 Å².